The highest BCUT2D eigenvalue weighted by Gasteiger charge is 2.26. The third-order valence-corrected chi connectivity index (χ3v) is 11.2. The van der Waals surface area contributed by atoms with Gasteiger partial charge in [0.05, 0.1) is 14.5 Å². The van der Waals surface area contributed by atoms with Gasteiger partial charge >= 0.3 is 0 Å². The molecule has 0 spiro atoms. The van der Waals surface area contributed by atoms with Crippen LogP contribution in [0, 0.1) is 0 Å². The fourth-order valence-corrected chi connectivity index (χ4v) is 7.97. The number of carbonyl (C=O) groups is 1. The summed E-state index contributed by atoms with van der Waals surface area (Å²) in [5.74, 6) is -0.345. The molecule has 0 unspecified atom stereocenters. The number of benzene rings is 3. The Morgan fingerprint density at radius 2 is 1.48 bits per heavy atom. The lowest BCUT2D eigenvalue weighted by atomic mass is 10.2. The molecule has 0 saturated heterocycles. The van der Waals surface area contributed by atoms with Gasteiger partial charge in [-0.15, -0.1) is 0 Å². The zero-order valence-corrected chi connectivity index (χ0v) is 26.7. The number of nitrogens with zero attached hydrogens (tertiary/aromatic N) is 4. The minimum atomic E-state index is -3.79. The quantitative estimate of drug-likeness (QED) is 0.207. The highest BCUT2D eigenvalue weighted by molar-refractivity contribution is 7.91. The zero-order chi connectivity index (χ0) is 30.5. The first-order chi connectivity index (χ1) is 20.0. The van der Waals surface area contributed by atoms with Crippen molar-refractivity contribution in [1.82, 2.24) is 14.2 Å². The van der Waals surface area contributed by atoms with E-state index in [-0.39, 0.29) is 22.2 Å². The van der Waals surface area contributed by atoms with Gasteiger partial charge in [-0.25, -0.2) is 21.8 Å². The summed E-state index contributed by atoms with van der Waals surface area (Å²) in [6, 6.07) is 20.3. The number of sulfone groups is 1. The van der Waals surface area contributed by atoms with Crippen LogP contribution in [0.4, 0.5) is 5.13 Å². The van der Waals surface area contributed by atoms with Crippen LogP contribution in [-0.2, 0) is 26.4 Å². The molecule has 0 N–H and O–H groups in total. The molecule has 0 saturated carbocycles. The molecule has 1 aromatic heterocycles. The Morgan fingerprint density at radius 3 is 2.07 bits per heavy atom. The lowest BCUT2D eigenvalue weighted by Crippen LogP contribution is -2.39. The van der Waals surface area contributed by atoms with Crippen molar-refractivity contribution in [2.24, 2.45) is 0 Å². The second kappa shape index (κ2) is 13.4. The number of thiazole rings is 1. The van der Waals surface area contributed by atoms with Crippen molar-refractivity contribution >= 4 is 52.5 Å². The van der Waals surface area contributed by atoms with Crippen LogP contribution < -0.4 is 4.90 Å². The number of amides is 1. The number of hydrogen-bond acceptors (Lipinski definition) is 8. The van der Waals surface area contributed by atoms with E-state index in [1.54, 1.807) is 24.0 Å². The van der Waals surface area contributed by atoms with E-state index in [1.165, 1.54) is 46.0 Å². The molecule has 1 heterocycles. The maximum Gasteiger partial charge on any atom is 0.260 e. The number of sulfonamides is 1. The average molecular weight is 629 g/mol. The fourth-order valence-electron chi connectivity index (χ4n) is 4.62. The second-order valence-electron chi connectivity index (χ2n) is 9.80. The summed E-state index contributed by atoms with van der Waals surface area (Å²) in [5.41, 5.74) is 1.52. The molecule has 4 rings (SSSR count). The van der Waals surface area contributed by atoms with Crippen molar-refractivity contribution in [3.63, 3.8) is 0 Å². The average Bonchev–Trinajstić information content (AvgIpc) is 3.42. The van der Waals surface area contributed by atoms with Gasteiger partial charge in [0.2, 0.25) is 10.0 Å². The minimum Gasteiger partial charge on any atom is -0.302 e. The van der Waals surface area contributed by atoms with E-state index < -0.39 is 19.9 Å². The van der Waals surface area contributed by atoms with Crippen LogP contribution in [0.1, 0.15) is 36.7 Å². The topological polar surface area (TPSA) is 108 Å². The van der Waals surface area contributed by atoms with Crippen molar-refractivity contribution < 1.29 is 21.6 Å². The van der Waals surface area contributed by atoms with Gasteiger partial charge in [-0.1, -0.05) is 68.5 Å². The van der Waals surface area contributed by atoms with Crippen LogP contribution in [0.5, 0.6) is 0 Å². The Bertz CT molecular complexity index is 1730. The Balaban J connectivity index is 1.66. The maximum atomic E-state index is 13.9. The van der Waals surface area contributed by atoms with Gasteiger partial charge in [0, 0.05) is 38.0 Å². The molecule has 0 atom stereocenters. The van der Waals surface area contributed by atoms with Gasteiger partial charge in [0.25, 0.3) is 5.91 Å². The van der Waals surface area contributed by atoms with Gasteiger partial charge in [0.1, 0.15) is 5.52 Å². The molecule has 0 aliphatic rings. The summed E-state index contributed by atoms with van der Waals surface area (Å²) < 4.78 is 53.7. The Labute approximate surface area is 252 Å². The third-order valence-electron chi connectivity index (χ3n) is 7.07. The molecule has 0 radical (unpaired) electrons. The molecule has 224 valence electrons. The molecule has 0 bridgehead atoms. The van der Waals surface area contributed by atoms with Crippen molar-refractivity contribution in [2.75, 3.05) is 43.9 Å². The van der Waals surface area contributed by atoms with Crippen LogP contribution in [0.25, 0.3) is 10.2 Å². The lowest BCUT2D eigenvalue weighted by Gasteiger charge is -2.25. The fraction of sp³-hybridized carbons (Fsp3) is 0.333. The number of rotatable bonds is 13. The van der Waals surface area contributed by atoms with E-state index in [0.29, 0.717) is 40.5 Å². The summed E-state index contributed by atoms with van der Waals surface area (Å²) in [6.45, 7) is 8.95. The van der Waals surface area contributed by atoms with Crippen molar-refractivity contribution in [2.45, 2.75) is 37.1 Å². The Morgan fingerprint density at radius 1 is 0.810 bits per heavy atom. The molecule has 4 aromatic rings. The molecule has 42 heavy (non-hydrogen) atoms. The minimum absolute atomic E-state index is 0.101. The number of carbonyl (C=O) groups excluding carboxylic acids is 1. The van der Waals surface area contributed by atoms with E-state index in [0.717, 1.165) is 24.9 Å². The predicted octanol–water partition coefficient (Wildman–Crippen LogP) is 4.90. The number of para-hydroxylation sites is 1. The first-order valence-corrected chi connectivity index (χ1v) is 17.9. The smallest absolute Gasteiger partial charge is 0.260 e. The predicted molar refractivity (Wildman–Crippen MR) is 168 cm³/mol. The molecule has 0 aliphatic heterocycles. The van der Waals surface area contributed by atoms with E-state index in [9.17, 15) is 21.6 Å². The zero-order valence-electron chi connectivity index (χ0n) is 24.2. The second-order valence-corrected chi connectivity index (χ2v) is 14.7. The van der Waals surface area contributed by atoms with Crippen LogP contribution in [-0.4, -0.2) is 75.9 Å². The van der Waals surface area contributed by atoms with Crippen LogP contribution in [0.2, 0.25) is 0 Å². The molecule has 9 nitrogen and oxygen atoms in total. The molecule has 0 aliphatic carbocycles. The summed E-state index contributed by atoms with van der Waals surface area (Å²) >= 11 is 1.25. The van der Waals surface area contributed by atoms with Crippen molar-refractivity contribution in [3.8, 4) is 0 Å². The Hall–Kier alpha value is -3.16. The largest absolute Gasteiger partial charge is 0.302 e. The highest BCUT2D eigenvalue weighted by atomic mass is 32.2. The van der Waals surface area contributed by atoms with Gasteiger partial charge in [0.15, 0.2) is 15.0 Å². The van der Waals surface area contributed by atoms with Gasteiger partial charge < -0.3 is 4.90 Å². The van der Waals surface area contributed by atoms with Crippen LogP contribution in [0.3, 0.4) is 0 Å². The number of likely N-dealkylation sites (N-methyl/N-ethyl adjacent to an activating group) is 1. The van der Waals surface area contributed by atoms with E-state index in [4.69, 9.17) is 0 Å². The summed E-state index contributed by atoms with van der Waals surface area (Å²) in [6.07, 6.45) is 1.14. The molecule has 12 heteroatoms. The first kappa shape index (κ1) is 31.8. The number of aromatic nitrogens is 1. The molecule has 0 fully saturated rings. The standard InChI is InChI=1S/C30H36N4O5S3/c1-5-32(6-2)20-21-34(30-31-28-26(40-30)14-11-15-27(28)41(4,36)37)29(35)24-16-18-25(19-17-24)42(38,39)33(7-3)22-23-12-9-8-10-13-23/h8-19H,5-7,20-22H2,1-4H3. The number of hydrogen-bond donors (Lipinski definition) is 0. The lowest BCUT2D eigenvalue weighted by molar-refractivity contribution is 0.0983. The van der Waals surface area contributed by atoms with Gasteiger partial charge in [-0.2, -0.15) is 4.31 Å². The normalized spacial score (nSPS) is 12.3. The molecule has 1 amide bonds. The molecule has 3 aromatic carbocycles. The van der Waals surface area contributed by atoms with Crippen LogP contribution >= 0.6 is 11.3 Å². The van der Waals surface area contributed by atoms with Crippen LogP contribution in [0.15, 0.2) is 82.6 Å². The number of fused-ring (bicyclic) bond motifs is 1. The van der Waals surface area contributed by atoms with Crippen molar-refractivity contribution in [3.05, 3.63) is 83.9 Å². The molecular formula is C30H36N4O5S3. The highest BCUT2D eigenvalue weighted by Crippen LogP contribution is 2.33. The first-order valence-electron chi connectivity index (χ1n) is 13.8. The maximum absolute atomic E-state index is 13.9. The van der Waals surface area contributed by atoms with E-state index in [1.807, 2.05) is 44.2 Å². The monoisotopic (exact) mass is 628 g/mol. The van der Waals surface area contributed by atoms with E-state index >= 15 is 0 Å². The summed E-state index contributed by atoms with van der Waals surface area (Å²) in [4.78, 5) is 22.4. The third kappa shape index (κ3) is 7.07. The summed E-state index contributed by atoms with van der Waals surface area (Å²) in [7, 11) is -7.32. The van der Waals surface area contributed by atoms with E-state index in [2.05, 4.69) is 9.88 Å². The van der Waals surface area contributed by atoms with Gasteiger partial charge in [-0.05, 0) is 55.1 Å². The number of anilines is 1. The molecular weight excluding hydrogens is 593 g/mol. The Kier molecular flexibility index (Phi) is 10.2. The summed E-state index contributed by atoms with van der Waals surface area (Å²) in [5, 5.41) is 0.384. The van der Waals surface area contributed by atoms with Gasteiger partial charge in [-0.3, -0.25) is 9.69 Å². The van der Waals surface area contributed by atoms with Crippen molar-refractivity contribution in [1.29, 1.82) is 0 Å². The SMILES string of the molecule is CCN(CC)CCN(C(=O)c1ccc(S(=O)(=O)N(CC)Cc2ccccc2)cc1)c1nc2c(S(C)(=O)=O)cccc2s1.